The van der Waals surface area contributed by atoms with Crippen LogP contribution in [0, 0.1) is 11.8 Å². The first-order valence-corrected chi connectivity index (χ1v) is 20.7. The van der Waals surface area contributed by atoms with Crippen molar-refractivity contribution in [2.45, 2.75) is 122 Å². The summed E-state index contributed by atoms with van der Waals surface area (Å²) in [5, 5.41) is 43.0. The Kier molecular flexibility index (Phi) is 22.1. The van der Waals surface area contributed by atoms with Crippen molar-refractivity contribution >= 4 is 41.5 Å². The van der Waals surface area contributed by atoms with Crippen molar-refractivity contribution in [3.63, 3.8) is 0 Å². The van der Waals surface area contributed by atoms with E-state index in [0.717, 1.165) is 0 Å². The Morgan fingerprint density at radius 2 is 1.03 bits per heavy atom. The van der Waals surface area contributed by atoms with Crippen LogP contribution in [-0.4, -0.2) is 106 Å². The van der Waals surface area contributed by atoms with Gasteiger partial charge in [0.1, 0.15) is 41.7 Å². The third kappa shape index (κ3) is 18.9. The van der Waals surface area contributed by atoms with Crippen LogP contribution in [-0.2, 0) is 41.6 Å². The molecular weight excluding hydrogens is 789 g/mol. The van der Waals surface area contributed by atoms with Crippen LogP contribution in [0.2, 0.25) is 0 Å². The molecule has 0 saturated carbocycles. The summed E-state index contributed by atoms with van der Waals surface area (Å²) in [5.74, 6) is -5.42. The van der Waals surface area contributed by atoms with Crippen LogP contribution < -0.4 is 49.5 Å². The van der Waals surface area contributed by atoms with E-state index >= 15 is 0 Å². The van der Waals surface area contributed by atoms with Gasteiger partial charge in [-0.25, -0.2) is 4.79 Å². The topological polar surface area (TPSA) is 340 Å². The number of phenols is 2. The third-order valence-corrected chi connectivity index (χ3v) is 10.1. The normalized spacial score (nSPS) is 14.5. The van der Waals surface area contributed by atoms with E-state index in [1.54, 1.807) is 38.1 Å². The van der Waals surface area contributed by atoms with Gasteiger partial charge >= 0.3 is 5.97 Å². The van der Waals surface area contributed by atoms with Gasteiger partial charge in [-0.2, -0.15) is 0 Å². The minimum absolute atomic E-state index is 0.00391. The van der Waals surface area contributed by atoms with Crippen LogP contribution in [0.3, 0.4) is 0 Å². The Morgan fingerprint density at radius 3 is 1.44 bits per heavy atom. The number of carbonyl (C=O) groups is 6. The summed E-state index contributed by atoms with van der Waals surface area (Å²) >= 11 is 0. The molecule has 0 radical (unpaired) electrons. The van der Waals surface area contributed by atoms with Gasteiger partial charge in [0.15, 0.2) is 5.96 Å². The number of carboxylic acids is 1. The minimum atomic E-state index is -1.39. The zero-order valence-corrected chi connectivity index (χ0v) is 35.6. The number of nitrogens with one attached hydrogen (secondary N) is 5. The Bertz CT molecular complexity index is 1750. The predicted octanol–water partition coefficient (Wildman–Crippen LogP) is -0.00630. The Balaban J connectivity index is 2.53. The van der Waals surface area contributed by atoms with Gasteiger partial charge in [0.2, 0.25) is 29.5 Å². The van der Waals surface area contributed by atoms with Crippen molar-refractivity contribution in [1.82, 2.24) is 26.6 Å². The van der Waals surface area contributed by atoms with Gasteiger partial charge in [-0.3, -0.25) is 29.0 Å². The van der Waals surface area contributed by atoms with E-state index in [4.69, 9.17) is 22.9 Å². The van der Waals surface area contributed by atoms with Crippen molar-refractivity contribution in [3.05, 3.63) is 59.7 Å². The molecule has 2 rings (SSSR count). The fourth-order valence-corrected chi connectivity index (χ4v) is 6.25. The van der Waals surface area contributed by atoms with Crippen LogP contribution in [0.1, 0.15) is 83.8 Å². The van der Waals surface area contributed by atoms with E-state index in [2.05, 4.69) is 31.6 Å². The average molecular weight is 855 g/mol. The van der Waals surface area contributed by atoms with Crippen LogP contribution in [0.25, 0.3) is 0 Å². The van der Waals surface area contributed by atoms with Crippen LogP contribution in [0.5, 0.6) is 11.5 Å². The molecule has 0 aliphatic heterocycles. The molecule has 2 aromatic rings. The first-order valence-electron chi connectivity index (χ1n) is 20.7. The molecule has 0 aliphatic rings. The lowest BCUT2D eigenvalue weighted by molar-refractivity contribution is -0.142. The zero-order valence-electron chi connectivity index (χ0n) is 35.6. The van der Waals surface area contributed by atoms with E-state index in [-0.39, 0.29) is 74.4 Å². The molecule has 61 heavy (non-hydrogen) atoms. The molecule has 0 aromatic heterocycles. The summed E-state index contributed by atoms with van der Waals surface area (Å²) in [4.78, 5) is 85.4. The molecule has 338 valence electrons. The van der Waals surface area contributed by atoms with E-state index in [1.807, 2.05) is 13.8 Å². The molecule has 19 nitrogen and oxygen atoms in total. The number of hydrogen-bond donors (Lipinski definition) is 12. The molecule has 16 N–H and O–H groups in total. The summed E-state index contributed by atoms with van der Waals surface area (Å²) < 4.78 is 0. The number of unbranched alkanes of at least 4 members (excludes halogenated alkanes) is 1. The number of hydrogen-bond acceptors (Lipinski definition) is 11. The quantitative estimate of drug-likeness (QED) is 0.0320. The van der Waals surface area contributed by atoms with Crippen molar-refractivity contribution in [1.29, 1.82) is 0 Å². The van der Waals surface area contributed by atoms with Crippen molar-refractivity contribution in [2.75, 3.05) is 13.1 Å². The Labute approximate surface area is 357 Å². The summed E-state index contributed by atoms with van der Waals surface area (Å²) in [7, 11) is 0. The lowest BCUT2D eigenvalue weighted by Crippen LogP contribution is -2.60. The molecule has 7 atom stereocenters. The SMILES string of the molecule is CC[C@H](C)[C@H](N)C(=O)N[C@@H](CCCCN)C(=O)N[C@@H](CCCN=C(N)N)C(=O)N[C@@H](Cc1ccc(O)cc1)C(=O)N[C@@H](Cc1ccc(O)cc1)C(=O)N[C@@H](CC(C)C)C(=O)O. The van der Waals surface area contributed by atoms with Crippen molar-refractivity contribution < 1.29 is 44.1 Å². The molecule has 0 aliphatic carbocycles. The van der Waals surface area contributed by atoms with E-state index in [0.29, 0.717) is 36.9 Å². The minimum Gasteiger partial charge on any atom is -0.508 e. The summed E-state index contributed by atoms with van der Waals surface area (Å²) in [6.07, 6.45) is 1.92. The highest BCUT2D eigenvalue weighted by Gasteiger charge is 2.33. The van der Waals surface area contributed by atoms with Gasteiger partial charge in [0.05, 0.1) is 6.04 Å². The third-order valence-electron chi connectivity index (χ3n) is 10.1. The first kappa shape index (κ1) is 51.2. The summed E-state index contributed by atoms with van der Waals surface area (Å²) in [6.45, 7) is 7.75. The van der Waals surface area contributed by atoms with Crippen LogP contribution >= 0.6 is 0 Å². The maximum absolute atomic E-state index is 14.3. The van der Waals surface area contributed by atoms with Gasteiger partial charge in [0, 0.05) is 19.4 Å². The van der Waals surface area contributed by atoms with Gasteiger partial charge in [-0.15, -0.1) is 0 Å². The second-order valence-corrected chi connectivity index (χ2v) is 15.7. The lowest BCUT2D eigenvalue weighted by atomic mass is 9.98. The lowest BCUT2D eigenvalue weighted by Gasteiger charge is -2.28. The standard InChI is InChI=1S/C42H66N10O9/c1-5-25(4)35(44)40(59)49-30(9-6-7-19-43)36(55)48-31(10-8-20-47-42(45)46)37(56)50-32(22-26-11-15-28(53)16-12-26)38(57)51-33(23-27-13-17-29(54)18-14-27)39(58)52-34(41(60)61)21-24(2)3/h11-18,24-25,30-35,53-54H,5-10,19-23,43-44H2,1-4H3,(H,48,55)(H,49,59)(H,50,56)(H,51,57)(H,52,58)(H,60,61)(H4,45,46,47)/t25-,30-,31-,32-,33-,34-,35-/m0/s1. The molecule has 0 fully saturated rings. The fraction of sp³-hybridized carbons (Fsp3) is 0.548. The maximum Gasteiger partial charge on any atom is 0.326 e. The molecule has 0 unspecified atom stereocenters. The zero-order chi connectivity index (χ0) is 45.6. The maximum atomic E-state index is 14.3. The number of aliphatic carboxylic acids is 1. The van der Waals surface area contributed by atoms with Gasteiger partial charge in [0.25, 0.3) is 0 Å². The molecule has 0 heterocycles. The number of benzene rings is 2. The monoisotopic (exact) mass is 855 g/mol. The highest BCUT2D eigenvalue weighted by molar-refractivity contribution is 5.96. The number of aliphatic imine (C=N–C) groups is 1. The predicted molar refractivity (Wildman–Crippen MR) is 231 cm³/mol. The number of nitrogens with zero attached hydrogens (tertiary/aromatic N) is 1. The molecule has 19 heteroatoms. The number of guanidine groups is 1. The highest BCUT2D eigenvalue weighted by Crippen LogP contribution is 2.15. The van der Waals surface area contributed by atoms with E-state index in [9.17, 15) is 44.1 Å². The highest BCUT2D eigenvalue weighted by atomic mass is 16.4. The number of aromatic hydroxyl groups is 2. The van der Waals surface area contributed by atoms with Gasteiger partial charge in [-0.05, 0) is 92.3 Å². The fourth-order valence-electron chi connectivity index (χ4n) is 6.25. The molecule has 0 bridgehead atoms. The van der Waals surface area contributed by atoms with Gasteiger partial charge < -0.3 is 64.8 Å². The van der Waals surface area contributed by atoms with Crippen molar-refractivity contribution in [2.24, 2.45) is 39.8 Å². The second-order valence-electron chi connectivity index (χ2n) is 15.7. The van der Waals surface area contributed by atoms with Crippen LogP contribution in [0.15, 0.2) is 53.5 Å². The number of carboxylic acid groups (broad SMARTS) is 1. The summed E-state index contributed by atoms with van der Waals surface area (Å²) in [6, 6.07) is 4.50. The second kappa shape index (κ2) is 26.3. The largest absolute Gasteiger partial charge is 0.508 e. The molecule has 5 amide bonds. The first-order chi connectivity index (χ1) is 28.8. The Morgan fingerprint density at radius 1 is 0.623 bits per heavy atom. The molecule has 0 saturated heterocycles. The molecule has 0 spiro atoms. The smallest absolute Gasteiger partial charge is 0.326 e. The number of rotatable bonds is 27. The molecule has 2 aromatic carbocycles. The average Bonchev–Trinajstić information content (AvgIpc) is 3.21. The molecular formula is C42H66N10O9. The van der Waals surface area contributed by atoms with E-state index < -0.39 is 71.8 Å². The van der Waals surface area contributed by atoms with Gasteiger partial charge in [-0.1, -0.05) is 58.4 Å². The summed E-state index contributed by atoms with van der Waals surface area (Å²) in [5.41, 5.74) is 23.9. The Hall–Kier alpha value is -5.95. The van der Waals surface area contributed by atoms with Crippen molar-refractivity contribution in [3.8, 4) is 11.5 Å². The van der Waals surface area contributed by atoms with Crippen LogP contribution in [0.4, 0.5) is 0 Å². The number of carbonyl (C=O) groups excluding carboxylic acids is 5. The number of phenolic OH excluding ortho intramolecular Hbond substituents is 2. The number of nitrogens with two attached hydrogens (primary N) is 4. The number of amides is 5. The van der Waals surface area contributed by atoms with E-state index in [1.165, 1.54) is 24.3 Å².